The SMILES string of the molecule is CC(C)CCCOc1ccc(C#CCCl)cc1. The van der Waals surface area contributed by atoms with Crippen molar-refractivity contribution in [1.29, 1.82) is 0 Å². The van der Waals surface area contributed by atoms with Gasteiger partial charge in [0.15, 0.2) is 0 Å². The van der Waals surface area contributed by atoms with E-state index in [1.807, 2.05) is 24.3 Å². The second-order valence-electron chi connectivity index (χ2n) is 4.34. The van der Waals surface area contributed by atoms with Gasteiger partial charge >= 0.3 is 0 Å². The number of benzene rings is 1. The molecule has 92 valence electrons. The minimum absolute atomic E-state index is 0.369. The second-order valence-corrected chi connectivity index (χ2v) is 4.61. The first-order valence-corrected chi connectivity index (χ1v) is 6.53. The Morgan fingerprint density at radius 2 is 1.94 bits per heavy atom. The number of hydrogen-bond acceptors (Lipinski definition) is 1. The highest BCUT2D eigenvalue weighted by atomic mass is 35.5. The van der Waals surface area contributed by atoms with Crippen molar-refractivity contribution in [3.8, 4) is 17.6 Å². The minimum atomic E-state index is 0.369. The van der Waals surface area contributed by atoms with Crippen molar-refractivity contribution in [2.24, 2.45) is 5.92 Å². The van der Waals surface area contributed by atoms with Gasteiger partial charge in [0, 0.05) is 5.56 Å². The van der Waals surface area contributed by atoms with Crippen molar-refractivity contribution in [3.05, 3.63) is 29.8 Å². The highest BCUT2D eigenvalue weighted by Crippen LogP contribution is 2.12. The molecule has 1 aromatic carbocycles. The van der Waals surface area contributed by atoms with Crippen LogP contribution >= 0.6 is 11.6 Å². The van der Waals surface area contributed by atoms with Gasteiger partial charge in [0.2, 0.25) is 0 Å². The summed E-state index contributed by atoms with van der Waals surface area (Å²) in [4.78, 5) is 0. The molecule has 17 heavy (non-hydrogen) atoms. The Balaban J connectivity index is 2.35. The number of hydrogen-bond donors (Lipinski definition) is 0. The van der Waals surface area contributed by atoms with Gasteiger partial charge in [-0.15, -0.1) is 11.6 Å². The standard InChI is InChI=1S/C15H19ClO/c1-13(2)5-4-12-17-15-9-7-14(8-10-15)6-3-11-16/h7-10,13H,4-5,11-12H2,1-2H3. The van der Waals surface area contributed by atoms with Crippen molar-refractivity contribution in [2.45, 2.75) is 26.7 Å². The van der Waals surface area contributed by atoms with Gasteiger partial charge in [-0.3, -0.25) is 0 Å². The smallest absolute Gasteiger partial charge is 0.119 e. The molecule has 0 atom stereocenters. The molecule has 1 aromatic rings. The lowest BCUT2D eigenvalue weighted by Crippen LogP contribution is -1.99. The molecule has 0 aliphatic rings. The maximum atomic E-state index is 5.64. The average molecular weight is 251 g/mol. The van der Waals surface area contributed by atoms with Crippen LogP contribution in [0.15, 0.2) is 24.3 Å². The van der Waals surface area contributed by atoms with Crippen LogP contribution in [0, 0.1) is 17.8 Å². The lowest BCUT2D eigenvalue weighted by molar-refractivity contribution is 0.297. The van der Waals surface area contributed by atoms with E-state index in [4.69, 9.17) is 16.3 Å². The molecular weight excluding hydrogens is 232 g/mol. The zero-order valence-corrected chi connectivity index (χ0v) is 11.3. The van der Waals surface area contributed by atoms with E-state index in [2.05, 4.69) is 25.7 Å². The molecule has 0 aromatic heterocycles. The number of halogens is 1. The van der Waals surface area contributed by atoms with Crippen LogP contribution in [-0.2, 0) is 0 Å². The van der Waals surface area contributed by atoms with Gasteiger partial charge in [0.1, 0.15) is 5.75 Å². The Bertz CT molecular complexity index is 370. The average Bonchev–Trinajstić information content (AvgIpc) is 2.33. The molecule has 1 nitrogen and oxygen atoms in total. The molecule has 0 heterocycles. The van der Waals surface area contributed by atoms with E-state index in [-0.39, 0.29) is 0 Å². The first kappa shape index (κ1) is 13.9. The van der Waals surface area contributed by atoms with Crippen molar-refractivity contribution in [2.75, 3.05) is 12.5 Å². The molecule has 0 saturated carbocycles. The molecule has 0 aliphatic carbocycles. The largest absolute Gasteiger partial charge is 0.494 e. The van der Waals surface area contributed by atoms with Crippen LogP contribution in [0.25, 0.3) is 0 Å². The maximum Gasteiger partial charge on any atom is 0.119 e. The van der Waals surface area contributed by atoms with Gasteiger partial charge in [-0.2, -0.15) is 0 Å². The van der Waals surface area contributed by atoms with Gasteiger partial charge in [-0.25, -0.2) is 0 Å². The monoisotopic (exact) mass is 250 g/mol. The summed E-state index contributed by atoms with van der Waals surface area (Å²) < 4.78 is 5.64. The van der Waals surface area contributed by atoms with Gasteiger partial charge in [-0.05, 0) is 43.0 Å². The molecule has 0 aliphatic heterocycles. The van der Waals surface area contributed by atoms with E-state index in [1.54, 1.807) is 0 Å². The summed E-state index contributed by atoms with van der Waals surface area (Å²) in [6.07, 6.45) is 2.31. The number of alkyl halides is 1. The molecule has 0 spiro atoms. The summed E-state index contributed by atoms with van der Waals surface area (Å²) >= 11 is 5.49. The van der Waals surface area contributed by atoms with Crippen LogP contribution in [0.2, 0.25) is 0 Å². The van der Waals surface area contributed by atoms with E-state index in [1.165, 1.54) is 6.42 Å². The molecule has 0 saturated heterocycles. The minimum Gasteiger partial charge on any atom is -0.494 e. The van der Waals surface area contributed by atoms with Gasteiger partial charge in [0.05, 0.1) is 12.5 Å². The van der Waals surface area contributed by atoms with E-state index in [0.29, 0.717) is 5.88 Å². The molecule has 0 bridgehead atoms. The molecule has 0 radical (unpaired) electrons. The lowest BCUT2D eigenvalue weighted by atomic mass is 10.1. The zero-order chi connectivity index (χ0) is 12.5. The Morgan fingerprint density at radius 1 is 1.24 bits per heavy atom. The summed E-state index contributed by atoms with van der Waals surface area (Å²) in [6, 6.07) is 7.82. The topological polar surface area (TPSA) is 9.23 Å². The molecule has 0 amide bonds. The first-order valence-electron chi connectivity index (χ1n) is 6.00. The van der Waals surface area contributed by atoms with E-state index in [0.717, 1.165) is 30.3 Å². The molecule has 0 N–H and O–H groups in total. The Kier molecular flexibility index (Phi) is 6.58. The lowest BCUT2D eigenvalue weighted by Gasteiger charge is -2.07. The van der Waals surface area contributed by atoms with Crippen LogP contribution in [0.5, 0.6) is 5.75 Å². The Hall–Kier alpha value is -1.13. The summed E-state index contributed by atoms with van der Waals surface area (Å²) in [5.41, 5.74) is 0.972. The highest BCUT2D eigenvalue weighted by Gasteiger charge is 1.96. The van der Waals surface area contributed by atoms with Gasteiger partial charge in [-0.1, -0.05) is 25.7 Å². The summed E-state index contributed by atoms with van der Waals surface area (Å²) in [6.45, 7) is 5.24. The summed E-state index contributed by atoms with van der Waals surface area (Å²) in [7, 11) is 0. The molecule has 1 rings (SSSR count). The first-order chi connectivity index (χ1) is 8.22. The van der Waals surface area contributed by atoms with Crippen molar-refractivity contribution >= 4 is 11.6 Å². The van der Waals surface area contributed by atoms with Crippen molar-refractivity contribution < 1.29 is 4.74 Å². The predicted molar refractivity (Wildman–Crippen MR) is 73.6 cm³/mol. The third-order valence-corrected chi connectivity index (χ3v) is 2.48. The molecule has 0 unspecified atom stereocenters. The fourth-order valence-electron chi connectivity index (χ4n) is 1.45. The van der Waals surface area contributed by atoms with Crippen LogP contribution in [0.4, 0.5) is 0 Å². The van der Waals surface area contributed by atoms with Crippen LogP contribution < -0.4 is 4.74 Å². The van der Waals surface area contributed by atoms with E-state index >= 15 is 0 Å². The highest BCUT2D eigenvalue weighted by molar-refractivity contribution is 6.19. The third kappa shape index (κ3) is 6.24. The molecule has 2 heteroatoms. The normalized spacial score (nSPS) is 9.88. The van der Waals surface area contributed by atoms with Crippen LogP contribution in [0.3, 0.4) is 0 Å². The van der Waals surface area contributed by atoms with Crippen molar-refractivity contribution in [1.82, 2.24) is 0 Å². The number of rotatable bonds is 5. The summed E-state index contributed by atoms with van der Waals surface area (Å²) in [5, 5.41) is 0. The summed E-state index contributed by atoms with van der Waals surface area (Å²) in [5.74, 6) is 7.81. The second kappa shape index (κ2) is 8.03. The predicted octanol–water partition coefficient (Wildman–Crippen LogP) is 4.09. The molecule has 0 fully saturated rings. The maximum absolute atomic E-state index is 5.64. The van der Waals surface area contributed by atoms with E-state index < -0.39 is 0 Å². The van der Waals surface area contributed by atoms with Gasteiger partial charge in [0.25, 0.3) is 0 Å². The van der Waals surface area contributed by atoms with Crippen molar-refractivity contribution in [3.63, 3.8) is 0 Å². The fraction of sp³-hybridized carbons (Fsp3) is 0.467. The molecular formula is C15H19ClO. The quantitative estimate of drug-likeness (QED) is 0.435. The zero-order valence-electron chi connectivity index (χ0n) is 10.5. The van der Waals surface area contributed by atoms with Crippen LogP contribution in [0.1, 0.15) is 32.3 Å². The Labute approximate surface area is 109 Å². The van der Waals surface area contributed by atoms with Crippen LogP contribution in [-0.4, -0.2) is 12.5 Å². The Morgan fingerprint density at radius 3 is 2.53 bits per heavy atom. The fourth-order valence-corrected chi connectivity index (χ4v) is 1.52. The number of ether oxygens (including phenoxy) is 1. The van der Waals surface area contributed by atoms with E-state index in [9.17, 15) is 0 Å². The third-order valence-electron chi connectivity index (χ3n) is 2.35. The van der Waals surface area contributed by atoms with Gasteiger partial charge < -0.3 is 4.74 Å².